The van der Waals surface area contributed by atoms with E-state index in [0.717, 1.165) is 11.1 Å². The van der Waals surface area contributed by atoms with Gasteiger partial charge in [0.15, 0.2) is 14.1 Å². The van der Waals surface area contributed by atoms with Crippen molar-refractivity contribution in [2.24, 2.45) is 0 Å². The molecule has 0 spiro atoms. The van der Waals surface area contributed by atoms with Gasteiger partial charge >= 0.3 is 12.5 Å². The summed E-state index contributed by atoms with van der Waals surface area (Å²) in [6.07, 6.45) is 1.14. The fourth-order valence-corrected chi connectivity index (χ4v) is 6.96. The molecule has 1 aliphatic heterocycles. The summed E-state index contributed by atoms with van der Waals surface area (Å²) in [5.74, 6) is 2.06. The number of rotatable bonds is 13. The number of carbonyl (C=O) groups excluding carboxylic acids is 2. The first kappa shape index (κ1) is 41.0. The minimum Gasteiger partial charge on any atom is -0.491 e. The first-order chi connectivity index (χ1) is 24.2. The predicted octanol–water partition coefficient (Wildman–Crippen LogP) is 7.19. The zero-order valence-electron chi connectivity index (χ0n) is 32.6. The summed E-state index contributed by atoms with van der Waals surface area (Å²) >= 11 is 6.83. The maximum atomic E-state index is 12.9. The molecule has 1 aliphatic rings. The largest absolute Gasteiger partial charge is 0.491 e. The van der Waals surface area contributed by atoms with Crippen LogP contribution in [0.5, 0.6) is 5.75 Å². The Morgan fingerprint density at radius 2 is 1.88 bits per heavy atom. The highest BCUT2D eigenvalue weighted by molar-refractivity contribution is 6.74. The fourth-order valence-electron chi connectivity index (χ4n) is 5.42. The summed E-state index contributed by atoms with van der Waals surface area (Å²) in [5.41, 5.74) is 2.78. The summed E-state index contributed by atoms with van der Waals surface area (Å²) < 4.78 is 29.9. The number of hydrogen-bond acceptors (Lipinski definition) is 11. The molecule has 1 unspecified atom stereocenters. The molecule has 0 aliphatic carbocycles. The minimum atomic E-state index is -2.26. The van der Waals surface area contributed by atoms with Crippen molar-refractivity contribution in [1.29, 1.82) is 0 Å². The third kappa shape index (κ3) is 10.2. The van der Waals surface area contributed by atoms with Crippen molar-refractivity contribution in [1.82, 2.24) is 24.9 Å². The highest BCUT2D eigenvalue weighted by Gasteiger charge is 2.40. The molecule has 15 heteroatoms. The van der Waals surface area contributed by atoms with E-state index in [4.69, 9.17) is 44.7 Å². The van der Waals surface area contributed by atoms with Gasteiger partial charge in [-0.15, -0.1) is 0 Å². The standard InChI is InChI=1S/C37H54ClN6O7Si/c1-23-32(31-24(2)42-50-25(31)3)40-34(41-33(23)39-18-26-20-47-16-15-44(26)22-45)29-17-27(13-14-30(29)38)48-21-28(51-52(11,12)37(7,8)9)19-43(10)35(46)49-36(4,5)6/h13-14,17,26,28H,15-16,18-21H2,1-12H3,(H,39,40,41)/t26?,28-/m1/s1. The molecule has 1 saturated heterocycles. The third-order valence-corrected chi connectivity index (χ3v) is 14.2. The lowest BCUT2D eigenvalue weighted by Crippen LogP contribution is -2.49. The molecule has 0 bridgehead atoms. The van der Waals surface area contributed by atoms with Crippen LogP contribution in [0.25, 0.3) is 22.6 Å². The number of nitrogens with zero attached hydrogens (tertiary/aromatic N) is 5. The number of morpholine rings is 1. The van der Waals surface area contributed by atoms with Crippen molar-refractivity contribution in [2.75, 3.05) is 51.8 Å². The zero-order valence-corrected chi connectivity index (χ0v) is 34.4. The Kier molecular flexibility index (Phi) is 13.0. The molecule has 13 nitrogen and oxygen atoms in total. The first-order valence-corrected chi connectivity index (χ1v) is 20.8. The Balaban J connectivity index is 1.67. The van der Waals surface area contributed by atoms with Gasteiger partial charge < -0.3 is 38.3 Å². The van der Waals surface area contributed by atoms with Crippen LogP contribution in [0, 0.1) is 20.8 Å². The van der Waals surface area contributed by atoms with E-state index in [2.05, 4.69) is 44.3 Å². The lowest BCUT2D eigenvalue weighted by molar-refractivity contribution is 0.0172. The first-order valence-electron chi connectivity index (χ1n) is 17.5. The number of carbonyl (C=O) groups is 1. The van der Waals surface area contributed by atoms with E-state index < -0.39 is 26.1 Å². The quantitative estimate of drug-likeness (QED) is 0.177. The van der Waals surface area contributed by atoms with E-state index >= 15 is 0 Å². The number of amides is 2. The van der Waals surface area contributed by atoms with Crippen molar-refractivity contribution in [2.45, 2.75) is 98.2 Å². The minimum absolute atomic E-state index is 0.0651. The number of halogens is 1. The summed E-state index contributed by atoms with van der Waals surface area (Å²) in [4.78, 5) is 37.5. The maximum Gasteiger partial charge on any atom is 0.410 e. The van der Waals surface area contributed by atoms with Crippen molar-refractivity contribution >= 4 is 38.2 Å². The second-order valence-electron chi connectivity index (χ2n) is 15.8. The highest BCUT2D eigenvalue weighted by Crippen LogP contribution is 2.38. The van der Waals surface area contributed by atoms with Crippen molar-refractivity contribution in [3.05, 3.63) is 40.2 Å². The van der Waals surface area contributed by atoms with E-state index in [1.54, 1.807) is 30.1 Å². The molecule has 4 rings (SSSR count). The molecule has 3 aromatic rings. The molecule has 1 N–H and O–H groups in total. The second-order valence-corrected chi connectivity index (χ2v) is 20.9. The smallest absolute Gasteiger partial charge is 0.410 e. The molecule has 0 saturated carbocycles. The Hall–Kier alpha value is -3.72. The predicted molar refractivity (Wildman–Crippen MR) is 204 cm³/mol. The second kappa shape index (κ2) is 16.5. The highest BCUT2D eigenvalue weighted by atomic mass is 35.5. The van der Waals surface area contributed by atoms with Gasteiger partial charge in [0.25, 0.3) is 0 Å². The van der Waals surface area contributed by atoms with Crippen molar-refractivity contribution in [3.8, 4) is 28.4 Å². The van der Waals surface area contributed by atoms with E-state index in [-0.39, 0.29) is 24.2 Å². The van der Waals surface area contributed by atoms with Crippen LogP contribution in [0.2, 0.25) is 23.2 Å². The number of anilines is 1. The Bertz CT molecular complexity index is 1700. The van der Waals surface area contributed by atoms with E-state index in [0.29, 0.717) is 71.4 Å². The van der Waals surface area contributed by atoms with Crippen LogP contribution >= 0.6 is 11.6 Å². The summed E-state index contributed by atoms with van der Waals surface area (Å²) in [5, 5.41) is 7.93. The van der Waals surface area contributed by atoms with Crippen LogP contribution in [0.1, 0.15) is 58.6 Å². The Morgan fingerprint density at radius 3 is 2.50 bits per heavy atom. The van der Waals surface area contributed by atoms with E-state index in [9.17, 15) is 9.59 Å². The molecule has 1 fully saturated rings. The molecule has 285 valence electrons. The number of aryl methyl sites for hydroxylation is 2. The molecular formula is C37H54ClN6O7Si. The van der Waals surface area contributed by atoms with Gasteiger partial charge in [0.2, 0.25) is 0 Å². The number of nitrogens with one attached hydrogen (secondary N) is 1. The van der Waals surface area contributed by atoms with Crippen LogP contribution in [-0.4, -0.2) is 110 Å². The number of hydrogen-bond donors (Lipinski definition) is 1. The van der Waals surface area contributed by atoms with Crippen LogP contribution in [0.4, 0.5) is 10.6 Å². The fraction of sp³-hybridized carbons (Fsp3) is 0.595. The van der Waals surface area contributed by atoms with Gasteiger partial charge in [-0.05, 0) is 77.9 Å². The van der Waals surface area contributed by atoms with Gasteiger partial charge in [-0.1, -0.05) is 37.5 Å². The number of aromatic nitrogens is 3. The van der Waals surface area contributed by atoms with Gasteiger partial charge in [-0.25, -0.2) is 14.8 Å². The lowest BCUT2D eigenvalue weighted by atomic mass is 10.0. The normalized spacial score (nSPS) is 16.0. The molecule has 2 amide bonds. The number of likely N-dealkylation sites (N-methyl/N-ethyl adjacent to an activating group) is 1. The Labute approximate surface area is 313 Å². The summed E-state index contributed by atoms with van der Waals surface area (Å²) in [6.45, 7) is 24.1. The summed E-state index contributed by atoms with van der Waals surface area (Å²) in [6, 6.07) is 5.10. The lowest BCUT2D eigenvalue weighted by Gasteiger charge is -2.40. The van der Waals surface area contributed by atoms with Crippen LogP contribution in [-0.2, 0) is 18.7 Å². The number of benzene rings is 1. The van der Waals surface area contributed by atoms with Crippen molar-refractivity contribution in [3.63, 3.8) is 0 Å². The topological polar surface area (TPSA) is 141 Å². The molecular weight excluding hydrogens is 704 g/mol. The molecule has 3 heterocycles. The number of ether oxygens (including phenoxy) is 3. The Morgan fingerprint density at radius 1 is 1.17 bits per heavy atom. The molecule has 52 heavy (non-hydrogen) atoms. The third-order valence-electron chi connectivity index (χ3n) is 9.33. The average Bonchev–Trinajstić information content (AvgIpc) is 3.39. The van der Waals surface area contributed by atoms with Gasteiger partial charge in [0.1, 0.15) is 29.5 Å². The molecule has 1 aromatic carbocycles. The SMILES string of the molecule is Cc1noc(C)c1-c1nc(-c2cc(OC[C@@H](CN(C)C(=O)OC(C)(C)C)O[Si](C)(C)C(C)(C)C)ccc2Cl)nc(NCC2COCCN2[C]=O)c1C. The van der Waals surface area contributed by atoms with Crippen LogP contribution < -0.4 is 10.1 Å². The monoisotopic (exact) mass is 757 g/mol. The molecule has 2 aromatic heterocycles. The van der Waals surface area contributed by atoms with E-state index in [1.807, 2.05) is 48.0 Å². The van der Waals surface area contributed by atoms with Gasteiger partial charge in [0.05, 0.1) is 53.9 Å². The van der Waals surface area contributed by atoms with Gasteiger partial charge in [-0.3, -0.25) is 4.79 Å². The molecule has 1 radical (unpaired) electrons. The van der Waals surface area contributed by atoms with E-state index in [1.165, 1.54) is 4.90 Å². The van der Waals surface area contributed by atoms with Gasteiger partial charge in [-0.2, -0.15) is 0 Å². The van der Waals surface area contributed by atoms with Crippen LogP contribution in [0.3, 0.4) is 0 Å². The summed E-state index contributed by atoms with van der Waals surface area (Å²) in [7, 11) is -0.562. The maximum absolute atomic E-state index is 12.9. The average molecular weight is 758 g/mol. The van der Waals surface area contributed by atoms with Crippen LogP contribution in [0.15, 0.2) is 22.7 Å². The zero-order chi connectivity index (χ0) is 38.6. The molecule has 2 atom stereocenters. The van der Waals surface area contributed by atoms with Gasteiger partial charge in [0, 0.05) is 31.3 Å². The van der Waals surface area contributed by atoms with Crippen molar-refractivity contribution < 1.29 is 32.7 Å².